The number of ether oxygens (including phenoxy) is 1. The van der Waals surface area contributed by atoms with Gasteiger partial charge in [0, 0.05) is 23.3 Å². The lowest BCUT2D eigenvalue weighted by atomic mass is 9.43. The van der Waals surface area contributed by atoms with Crippen molar-refractivity contribution in [2.75, 3.05) is 18.6 Å². The van der Waals surface area contributed by atoms with Crippen molar-refractivity contribution < 1.29 is 9.53 Å². The molecule has 1 saturated heterocycles. The number of rotatable bonds is 1. The summed E-state index contributed by atoms with van der Waals surface area (Å²) in [6.07, 6.45) is 9.45. The van der Waals surface area contributed by atoms with Crippen LogP contribution in [0.3, 0.4) is 0 Å². The van der Waals surface area contributed by atoms with Gasteiger partial charge in [0.2, 0.25) is 0 Å². The zero-order valence-electron chi connectivity index (χ0n) is 17.7. The van der Waals surface area contributed by atoms with E-state index >= 15 is 0 Å². The summed E-state index contributed by atoms with van der Waals surface area (Å²) in [6.45, 7) is 2.38. The molecule has 2 spiro atoms. The fraction of sp³-hybridized carbons (Fsp3) is 0.720. The maximum Gasteiger partial charge on any atom is 0.139 e. The molecule has 4 aliphatic carbocycles. The first-order valence-electron chi connectivity index (χ1n) is 11.5. The molecule has 2 nitrogen and oxygen atoms in total. The van der Waals surface area contributed by atoms with Gasteiger partial charge < -0.3 is 4.74 Å². The van der Waals surface area contributed by atoms with Gasteiger partial charge in [0.1, 0.15) is 11.5 Å². The van der Waals surface area contributed by atoms with Gasteiger partial charge in [0.05, 0.1) is 11.2 Å². The molecule has 3 saturated carbocycles. The van der Waals surface area contributed by atoms with Crippen molar-refractivity contribution in [1.29, 1.82) is 0 Å². The third-order valence-corrected chi connectivity index (χ3v) is 13.2. The standard InChI is InChI=1S/C25H32O2S2/c1-23-8-7-20-19-5-4-18(27-2)13-16(19)3-6-21(20)25(23)10-9-24(28-11-12-29-24)15-17(25)14-22(23)26/h4-5,13,17,20-21H,3,6-12,14-15H2,1-2H3/t17-,20-,21-,23-,25-/m1/s1. The average Bonchev–Trinajstić information content (AvgIpc) is 3.28. The van der Waals surface area contributed by atoms with Crippen molar-refractivity contribution in [3.8, 4) is 5.75 Å². The van der Waals surface area contributed by atoms with Crippen molar-refractivity contribution in [2.45, 2.75) is 68.3 Å². The molecule has 1 heterocycles. The molecule has 5 aliphatic rings. The number of carbonyl (C=O) groups excluding carboxylic acids is 1. The van der Waals surface area contributed by atoms with E-state index in [-0.39, 0.29) is 10.8 Å². The van der Waals surface area contributed by atoms with Gasteiger partial charge >= 0.3 is 0 Å². The summed E-state index contributed by atoms with van der Waals surface area (Å²) in [5.41, 5.74) is 3.25. The summed E-state index contributed by atoms with van der Waals surface area (Å²) < 4.78 is 5.93. The second kappa shape index (κ2) is 6.45. The lowest BCUT2D eigenvalue weighted by Gasteiger charge is -2.62. The molecule has 29 heavy (non-hydrogen) atoms. The van der Waals surface area contributed by atoms with Crippen LogP contribution in [0.4, 0.5) is 0 Å². The highest BCUT2D eigenvalue weighted by Crippen LogP contribution is 2.75. The number of carbonyl (C=O) groups is 1. The molecule has 0 N–H and O–H groups in total. The summed E-state index contributed by atoms with van der Waals surface area (Å²) in [5, 5.41) is 0. The fourth-order valence-electron chi connectivity index (χ4n) is 8.41. The van der Waals surface area contributed by atoms with Crippen LogP contribution < -0.4 is 4.74 Å². The van der Waals surface area contributed by atoms with E-state index in [0.717, 1.165) is 25.0 Å². The Morgan fingerprint density at radius 3 is 2.72 bits per heavy atom. The Hall–Kier alpha value is -0.610. The van der Waals surface area contributed by atoms with Crippen LogP contribution >= 0.6 is 23.5 Å². The Morgan fingerprint density at radius 2 is 1.93 bits per heavy atom. The van der Waals surface area contributed by atoms with E-state index in [1.54, 1.807) is 12.7 Å². The number of thioether (sulfide) groups is 2. The maximum absolute atomic E-state index is 13.5. The van der Waals surface area contributed by atoms with Crippen LogP contribution in [0.2, 0.25) is 0 Å². The number of fused-ring (bicyclic) bond motifs is 3. The van der Waals surface area contributed by atoms with E-state index in [0.29, 0.717) is 27.6 Å². The molecular formula is C25H32O2S2. The monoisotopic (exact) mass is 428 g/mol. The number of benzene rings is 1. The average molecular weight is 429 g/mol. The van der Waals surface area contributed by atoms with Gasteiger partial charge in [-0.05, 0) is 91.4 Å². The predicted octanol–water partition coefficient (Wildman–Crippen LogP) is 6.08. The summed E-state index contributed by atoms with van der Waals surface area (Å²) in [4.78, 5) is 13.5. The van der Waals surface area contributed by atoms with Gasteiger partial charge in [-0.25, -0.2) is 0 Å². The lowest BCUT2D eigenvalue weighted by molar-refractivity contribution is -0.142. The first-order chi connectivity index (χ1) is 14.0. The Morgan fingerprint density at radius 1 is 1.10 bits per heavy atom. The number of hydrogen-bond acceptors (Lipinski definition) is 4. The third kappa shape index (κ3) is 2.42. The first-order valence-corrected chi connectivity index (χ1v) is 13.5. The smallest absolute Gasteiger partial charge is 0.139 e. The number of Topliss-reactive ketones (excluding diaryl/α,β-unsaturated/α-hetero) is 1. The third-order valence-electron chi connectivity index (χ3n) is 9.67. The molecule has 156 valence electrons. The molecule has 6 rings (SSSR count). The molecular weight excluding hydrogens is 396 g/mol. The first kappa shape index (κ1) is 19.1. The van der Waals surface area contributed by atoms with Crippen LogP contribution in [0.15, 0.2) is 18.2 Å². The van der Waals surface area contributed by atoms with Gasteiger partial charge in [-0.15, -0.1) is 23.5 Å². The van der Waals surface area contributed by atoms with E-state index in [9.17, 15) is 4.79 Å². The quantitative estimate of drug-likeness (QED) is 0.542. The SMILES string of the molecule is COc1ccc2c(c1)CC[C@@H]1[C@@H]2CC[C@]2(C)C(=O)C[C@@H]3CC4(CC[C@@]312)SCCS4. The molecule has 5 atom stereocenters. The topological polar surface area (TPSA) is 26.3 Å². The predicted molar refractivity (Wildman–Crippen MR) is 122 cm³/mol. The largest absolute Gasteiger partial charge is 0.497 e. The normalized spacial score (nSPS) is 42.1. The van der Waals surface area contributed by atoms with E-state index in [1.807, 2.05) is 0 Å². The maximum atomic E-state index is 13.5. The second-order valence-electron chi connectivity index (χ2n) is 10.4. The minimum Gasteiger partial charge on any atom is -0.497 e. The summed E-state index contributed by atoms with van der Waals surface area (Å²) in [6, 6.07) is 6.78. The summed E-state index contributed by atoms with van der Waals surface area (Å²) >= 11 is 4.42. The number of aryl methyl sites for hydroxylation is 1. The Kier molecular flexibility index (Phi) is 4.25. The van der Waals surface area contributed by atoms with Crippen LogP contribution in [0.5, 0.6) is 5.75 Å². The molecule has 0 aromatic heterocycles. The highest BCUT2D eigenvalue weighted by atomic mass is 32.2. The number of methoxy groups -OCH3 is 1. The van der Waals surface area contributed by atoms with Crippen LogP contribution in [0.25, 0.3) is 0 Å². The molecule has 0 unspecified atom stereocenters. The van der Waals surface area contributed by atoms with E-state index in [4.69, 9.17) is 4.74 Å². The molecule has 1 aromatic carbocycles. The fourth-order valence-corrected chi connectivity index (χ4v) is 11.8. The van der Waals surface area contributed by atoms with Crippen LogP contribution in [0, 0.1) is 22.7 Å². The molecule has 0 bridgehead atoms. The minimum absolute atomic E-state index is 0.0711. The molecule has 1 aliphatic heterocycles. The van der Waals surface area contributed by atoms with Gasteiger partial charge in [0.25, 0.3) is 0 Å². The van der Waals surface area contributed by atoms with Crippen molar-refractivity contribution >= 4 is 29.3 Å². The van der Waals surface area contributed by atoms with Crippen LogP contribution in [0.1, 0.15) is 68.9 Å². The highest BCUT2D eigenvalue weighted by Gasteiger charge is 2.70. The molecule has 4 heteroatoms. The van der Waals surface area contributed by atoms with E-state index in [2.05, 4.69) is 48.6 Å². The van der Waals surface area contributed by atoms with Gasteiger partial charge in [-0.2, -0.15) is 0 Å². The van der Waals surface area contributed by atoms with E-state index < -0.39 is 0 Å². The Balaban J connectivity index is 1.42. The van der Waals surface area contributed by atoms with Crippen molar-refractivity contribution in [3.05, 3.63) is 29.3 Å². The van der Waals surface area contributed by atoms with E-state index in [1.165, 1.54) is 49.2 Å². The molecule has 0 amide bonds. The van der Waals surface area contributed by atoms with Crippen molar-refractivity contribution in [3.63, 3.8) is 0 Å². The summed E-state index contributed by atoms with van der Waals surface area (Å²) in [5.74, 6) is 6.14. The van der Waals surface area contributed by atoms with Gasteiger partial charge in [-0.1, -0.05) is 13.0 Å². The Labute approximate surface area is 183 Å². The molecule has 4 fully saturated rings. The van der Waals surface area contributed by atoms with Gasteiger partial charge in [-0.3, -0.25) is 4.79 Å². The number of hydrogen-bond donors (Lipinski definition) is 0. The second-order valence-corrected chi connectivity index (χ2v) is 13.6. The molecule has 0 radical (unpaired) electrons. The highest BCUT2D eigenvalue weighted by molar-refractivity contribution is 8.21. The summed E-state index contributed by atoms with van der Waals surface area (Å²) in [7, 11) is 1.77. The zero-order valence-corrected chi connectivity index (χ0v) is 19.3. The van der Waals surface area contributed by atoms with Crippen LogP contribution in [-0.2, 0) is 11.2 Å². The molecule has 1 aromatic rings. The van der Waals surface area contributed by atoms with Crippen LogP contribution in [-0.4, -0.2) is 28.5 Å². The zero-order chi connectivity index (χ0) is 19.9. The van der Waals surface area contributed by atoms with Crippen molar-refractivity contribution in [2.24, 2.45) is 22.7 Å². The number of ketones is 1. The van der Waals surface area contributed by atoms with Gasteiger partial charge in [0.15, 0.2) is 0 Å². The minimum atomic E-state index is -0.0711. The van der Waals surface area contributed by atoms with Crippen molar-refractivity contribution in [1.82, 2.24) is 0 Å². The Bertz CT molecular complexity index is 860. The lowest BCUT2D eigenvalue weighted by Crippen LogP contribution is -2.56.